The van der Waals surface area contributed by atoms with Crippen molar-refractivity contribution in [2.24, 2.45) is 57.3 Å². The third-order valence-corrected chi connectivity index (χ3v) is 13.9. The summed E-state index contributed by atoms with van der Waals surface area (Å²) in [7, 11) is 0. The first kappa shape index (κ1) is 74.9. The standard InChI is InChI=1S/C56H97N19O12/c1-10-32(8)45(75-48(79)36(14-11-12-18-57)67-52(83)42(70-46(77)33(9)58)23-34-25-62-27-65-34)54(85)74-41(22-31(6)7)51(82)73-43(24-35-26-63-28-66-35)53(84)68-37(15-13-19-64-56(60)61)47(78)71-40(21-30(4)5)50(81)72-39(20-29(2)3)49(80)69-38(55(86)87)16-17-44(59)76/h25-33,36-43,45H,10-24,57-58H2,1-9H3,(H2,59,76)(H,62,65)(H,63,66)(H,67,83)(H,68,84)(H,69,80)(H,70,77)(H,71,78)(H,72,81)(H,73,82)(H,74,85)(H,75,79)(H,86,87)(H4,60,61,64)/t32-,33-,36-,37-,38-,39-,40-,41-,42-,43-,45-/m0/s1. The zero-order valence-corrected chi connectivity index (χ0v) is 51.7. The Hall–Kier alpha value is -8.22. The molecular formula is C56H97N19O12. The number of nitrogens with zero attached hydrogens (tertiary/aromatic N) is 3. The van der Waals surface area contributed by atoms with Crippen molar-refractivity contribution in [3.05, 3.63) is 36.4 Å². The van der Waals surface area contributed by atoms with E-state index in [0.29, 0.717) is 37.2 Å². The predicted molar refractivity (Wildman–Crippen MR) is 322 cm³/mol. The fourth-order valence-corrected chi connectivity index (χ4v) is 8.99. The van der Waals surface area contributed by atoms with E-state index in [1.165, 1.54) is 32.0 Å². The van der Waals surface area contributed by atoms with Gasteiger partial charge < -0.3 is 91.6 Å². The first-order chi connectivity index (χ1) is 41.0. The molecule has 0 saturated heterocycles. The second-order valence-electron chi connectivity index (χ2n) is 23.2. The number of carbonyl (C=O) groups is 11. The summed E-state index contributed by atoms with van der Waals surface area (Å²) in [6, 6.07) is -12.9. The molecule has 0 aliphatic rings. The molecule has 0 bridgehead atoms. The Morgan fingerprint density at radius 2 is 0.885 bits per heavy atom. The Morgan fingerprint density at radius 1 is 0.506 bits per heavy atom. The number of aromatic amines is 2. The van der Waals surface area contributed by atoms with Crippen molar-refractivity contribution in [1.82, 2.24) is 67.8 Å². The minimum absolute atomic E-state index is 0.0209. The highest BCUT2D eigenvalue weighted by molar-refractivity contribution is 5.98. The van der Waals surface area contributed by atoms with Crippen LogP contribution in [0, 0.1) is 23.7 Å². The minimum Gasteiger partial charge on any atom is -0.480 e. The molecule has 0 spiro atoms. The summed E-state index contributed by atoms with van der Waals surface area (Å²) in [5.74, 6) is -10.6. The molecule has 0 radical (unpaired) electrons. The lowest BCUT2D eigenvalue weighted by molar-refractivity contribution is -0.142. The number of guanidine groups is 1. The lowest BCUT2D eigenvalue weighted by Crippen LogP contribution is -2.61. The van der Waals surface area contributed by atoms with E-state index in [1.54, 1.807) is 55.4 Å². The Morgan fingerprint density at radius 3 is 1.26 bits per heavy atom. The van der Waals surface area contributed by atoms with Gasteiger partial charge in [0.1, 0.15) is 54.4 Å². The van der Waals surface area contributed by atoms with Crippen LogP contribution in [0.5, 0.6) is 0 Å². The molecule has 87 heavy (non-hydrogen) atoms. The maximum Gasteiger partial charge on any atom is 0.326 e. The maximum absolute atomic E-state index is 14.7. The summed E-state index contributed by atoms with van der Waals surface area (Å²) in [5, 5.41) is 33.9. The number of aliphatic carboxylic acids is 1. The highest BCUT2D eigenvalue weighted by Gasteiger charge is 2.37. The smallest absolute Gasteiger partial charge is 0.326 e. The number of carboxylic acid groups (broad SMARTS) is 1. The molecule has 2 rings (SSSR count). The second kappa shape index (κ2) is 38.7. The van der Waals surface area contributed by atoms with Gasteiger partial charge in [-0.15, -0.1) is 0 Å². The van der Waals surface area contributed by atoms with Crippen molar-refractivity contribution in [1.29, 1.82) is 0 Å². The van der Waals surface area contributed by atoms with Gasteiger partial charge in [0, 0.05) is 49.6 Å². The van der Waals surface area contributed by atoms with Crippen LogP contribution in [0.15, 0.2) is 30.0 Å². The van der Waals surface area contributed by atoms with Crippen LogP contribution in [0.4, 0.5) is 0 Å². The number of H-pyrrole nitrogens is 2. The molecular weight excluding hydrogens is 1130 g/mol. The van der Waals surface area contributed by atoms with Crippen LogP contribution in [0.25, 0.3) is 0 Å². The fourth-order valence-electron chi connectivity index (χ4n) is 8.99. The molecule has 11 atom stereocenters. The van der Waals surface area contributed by atoms with Gasteiger partial charge in [-0.25, -0.2) is 14.8 Å². The summed E-state index contributed by atoms with van der Waals surface area (Å²) in [6.07, 6.45) is 6.35. The lowest BCUT2D eigenvalue weighted by atomic mass is 9.96. The third kappa shape index (κ3) is 28.7. The van der Waals surface area contributed by atoms with E-state index in [1.807, 2.05) is 0 Å². The minimum atomic E-state index is -1.50. The molecule has 0 aliphatic carbocycles. The van der Waals surface area contributed by atoms with Gasteiger partial charge in [-0.2, -0.15) is 0 Å². The normalized spacial score (nSPS) is 15.1. The Bertz CT molecular complexity index is 2560. The van der Waals surface area contributed by atoms with Gasteiger partial charge in [-0.3, -0.25) is 52.9 Å². The molecule has 22 N–H and O–H groups in total. The fraction of sp³-hybridized carbons (Fsp3) is 0.679. The number of nitrogens with two attached hydrogens (primary N) is 5. The van der Waals surface area contributed by atoms with Crippen molar-refractivity contribution < 1.29 is 57.8 Å². The lowest BCUT2D eigenvalue weighted by Gasteiger charge is -2.30. The summed E-state index contributed by atoms with van der Waals surface area (Å²) >= 11 is 0. The Labute approximate surface area is 508 Å². The first-order valence-electron chi connectivity index (χ1n) is 29.7. The van der Waals surface area contributed by atoms with Crippen LogP contribution < -0.4 is 76.5 Å². The van der Waals surface area contributed by atoms with E-state index < -0.39 is 131 Å². The van der Waals surface area contributed by atoms with Crippen LogP contribution in [0.3, 0.4) is 0 Å². The maximum atomic E-state index is 14.7. The molecule has 2 aromatic heterocycles. The van der Waals surface area contributed by atoms with Gasteiger partial charge in [0.15, 0.2) is 5.96 Å². The Balaban J connectivity index is 2.54. The van der Waals surface area contributed by atoms with Crippen molar-refractivity contribution in [2.45, 2.75) is 206 Å². The molecule has 0 unspecified atom stereocenters. The highest BCUT2D eigenvalue weighted by atomic mass is 16.4. The summed E-state index contributed by atoms with van der Waals surface area (Å²) in [6.45, 7) is 16.0. The van der Waals surface area contributed by atoms with E-state index >= 15 is 0 Å². The van der Waals surface area contributed by atoms with Gasteiger partial charge in [0.2, 0.25) is 59.1 Å². The van der Waals surface area contributed by atoms with Crippen LogP contribution in [-0.4, -0.2) is 170 Å². The number of rotatable bonds is 42. The van der Waals surface area contributed by atoms with Gasteiger partial charge in [-0.05, 0) is 94.9 Å². The largest absolute Gasteiger partial charge is 0.480 e. The molecule has 488 valence electrons. The highest BCUT2D eigenvalue weighted by Crippen LogP contribution is 2.16. The topological polar surface area (TPSA) is 516 Å². The molecule has 0 saturated carbocycles. The van der Waals surface area contributed by atoms with Gasteiger partial charge in [-0.1, -0.05) is 61.8 Å². The van der Waals surface area contributed by atoms with Crippen LogP contribution in [0.1, 0.15) is 144 Å². The number of hydrogen-bond donors (Lipinski definition) is 17. The molecule has 31 heteroatoms. The van der Waals surface area contributed by atoms with Crippen LogP contribution in [-0.2, 0) is 65.6 Å². The van der Waals surface area contributed by atoms with Gasteiger partial charge in [0.25, 0.3) is 0 Å². The monoisotopic (exact) mass is 1230 g/mol. The number of nitrogens with one attached hydrogen (secondary N) is 11. The van der Waals surface area contributed by atoms with Crippen molar-refractivity contribution in [3.63, 3.8) is 0 Å². The van der Waals surface area contributed by atoms with Crippen LogP contribution >= 0.6 is 0 Å². The van der Waals surface area contributed by atoms with E-state index in [4.69, 9.17) is 28.7 Å². The summed E-state index contributed by atoms with van der Waals surface area (Å²) in [4.78, 5) is 168. The third-order valence-electron chi connectivity index (χ3n) is 13.9. The number of amides is 10. The molecule has 10 amide bonds. The molecule has 0 aliphatic heterocycles. The summed E-state index contributed by atoms with van der Waals surface area (Å²) in [5.41, 5.74) is 28.9. The molecule has 31 nitrogen and oxygen atoms in total. The van der Waals surface area contributed by atoms with Crippen molar-refractivity contribution in [3.8, 4) is 0 Å². The van der Waals surface area contributed by atoms with Gasteiger partial charge >= 0.3 is 5.97 Å². The first-order valence-corrected chi connectivity index (χ1v) is 29.7. The molecule has 0 aromatic carbocycles. The second-order valence-corrected chi connectivity index (χ2v) is 23.2. The number of aliphatic imine (C=N–C) groups is 1. The van der Waals surface area contributed by atoms with Crippen LogP contribution in [0.2, 0.25) is 0 Å². The quantitative estimate of drug-likeness (QED) is 0.0183. The number of imidazole rings is 2. The number of carboxylic acids is 1. The van der Waals surface area contributed by atoms with Gasteiger partial charge in [0.05, 0.1) is 18.7 Å². The average Bonchev–Trinajstić information content (AvgIpc) is 3.31. The predicted octanol–water partition coefficient (Wildman–Crippen LogP) is -2.65. The van der Waals surface area contributed by atoms with E-state index in [9.17, 15) is 57.8 Å². The van der Waals surface area contributed by atoms with E-state index in [2.05, 4.69) is 72.8 Å². The zero-order chi connectivity index (χ0) is 65.5. The molecule has 2 aromatic rings. The number of hydrogen-bond acceptors (Lipinski definition) is 16. The number of unbranched alkanes of at least 4 members (excludes halogenated alkanes) is 1. The summed E-state index contributed by atoms with van der Waals surface area (Å²) < 4.78 is 0. The van der Waals surface area contributed by atoms with E-state index in [-0.39, 0.29) is 94.5 Å². The number of primary amides is 1. The zero-order valence-electron chi connectivity index (χ0n) is 51.7. The Kier molecular flexibility index (Phi) is 33.4. The number of carbonyl (C=O) groups excluding carboxylic acids is 10. The number of aromatic nitrogens is 4. The molecule has 0 fully saturated rings. The molecule has 2 heterocycles. The SMILES string of the molecule is CC[C@H](C)[C@H](NC(=O)[C@H](CCCCN)NC(=O)[C@H](Cc1cnc[nH]1)NC(=O)[C@H](C)N)C(=O)N[C@@H](CC(C)C)C(=O)N[C@@H](Cc1cnc[nH]1)C(=O)N[C@@H](CCCN=C(N)N)C(=O)N[C@@H](CC(C)C)C(=O)N[C@@H](CC(C)C)C(=O)N[C@@H](CCC(N)=O)C(=O)O. The van der Waals surface area contributed by atoms with Crippen molar-refractivity contribution in [2.75, 3.05) is 13.1 Å². The van der Waals surface area contributed by atoms with E-state index in [0.717, 1.165) is 0 Å². The van der Waals surface area contributed by atoms with Crippen molar-refractivity contribution >= 4 is 71.0 Å². The average molecular weight is 1230 g/mol.